The van der Waals surface area contributed by atoms with E-state index in [0.29, 0.717) is 50.9 Å². The van der Waals surface area contributed by atoms with Crippen molar-refractivity contribution in [3.63, 3.8) is 0 Å². The van der Waals surface area contributed by atoms with Crippen LogP contribution in [0.3, 0.4) is 0 Å². The number of likely N-dealkylation sites (tertiary alicyclic amines) is 1. The molecule has 1 fully saturated rings. The SMILES string of the molecule is COCCN(CCC(=O)NCCCN1CCCCC1C)c1nc(Cc2ccc(F)cc2)ns1. The third-order valence-electron chi connectivity index (χ3n) is 6.06. The maximum Gasteiger partial charge on any atom is 0.221 e. The van der Waals surface area contributed by atoms with Crippen LogP contribution in [0, 0.1) is 5.82 Å². The predicted octanol–water partition coefficient (Wildman–Crippen LogP) is 3.49. The lowest BCUT2D eigenvalue weighted by Crippen LogP contribution is -2.39. The fraction of sp³-hybridized carbons (Fsp3) is 0.625. The third kappa shape index (κ3) is 8.64. The second-order valence-electron chi connectivity index (χ2n) is 8.61. The molecular weight excluding hydrogens is 441 g/mol. The van der Waals surface area contributed by atoms with E-state index in [4.69, 9.17) is 4.74 Å². The van der Waals surface area contributed by atoms with Crippen molar-refractivity contribution < 1.29 is 13.9 Å². The quantitative estimate of drug-likeness (QED) is 0.446. The fourth-order valence-corrected chi connectivity index (χ4v) is 4.80. The minimum Gasteiger partial charge on any atom is -0.383 e. The lowest BCUT2D eigenvalue weighted by Gasteiger charge is -2.33. The summed E-state index contributed by atoms with van der Waals surface area (Å²) in [6.07, 6.45) is 5.82. The zero-order chi connectivity index (χ0) is 23.5. The van der Waals surface area contributed by atoms with E-state index in [2.05, 4.69) is 26.5 Å². The average molecular weight is 478 g/mol. The number of hydrogen-bond acceptors (Lipinski definition) is 7. The van der Waals surface area contributed by atoms with Crippen LogP contribution in [-0.2, 0) is 16.0 Å². The Morgan fingerprint density at radius 1 is 1.30 bits per heavy atom. The number of ether oxygens (including phenoxy) is 1. The number of nitrogens with one attached hydrogen (secondary N) is 1. The second kappa shape index (κ2) is 13.6. The van der Waals surface area contributed by atoms with Crippen LogP contribution in [0.2, 0.25) is 0 Å². The van der Waals surface area contributed by atoms with Gasteiger partial charge in [0.2, 0.25) is 11.0 Å². The van der Waals surface area contributed by atoms with Gasteiger partial charge in [0.15, 0.2) is 0 Å². The van der Waals surface area contributed by atoms with E-state index >= 15 is 0 Å². The molecule has 1 saturated heterocycles. The molecule has 1 amide bonds. The summed E-state index contributed by atoms with van der Waals surface area (Å²) in [5, 5.41) is 3.83. The number of aromatic nitrogens is 2. The van der Waals surface area contributed by atoms with E-state index in [9.17, 15) is 9.18 Å². The summed E-state index contributed by atoms with van der Waals surface area (Å²) in [4.78, 5) is 21.6. The number of nitrogens with zero attached hydrogens (tertiary/aromatic N) is 4. The predicted molar refractivity (Wildman–Crippen MR) is 130 cm³/mol. The molecule has 1 atom stereocenters. The number of halogens is 1. The number of anilines is 1. The van der Waals surface area contributed by atoms with Crippen LogP contribution < -0.4 is 10.2 Å². The Labute approximate surface area is 200 Å². The zero-order valence-corrected chi connectivity index (χ0v) is 20.6. The number of piperidine rings is 1. The smallest absolute Gasteiger partial charge is 0.221 e. The van der Waals surface area contributed by atoms with Gasteiger partial charge >= 0.3 is 0 Å². The Bertz CT molecular complexity index is 848. The molecular formula is C24H36FN5O2S. The summed E-state index contributed by atoms with van der Waals surface area (Å²) in [6.45, 7) is 6.97. The fourth-order valence-electron chi connectivity index (χ4n) is 4.06. The molecule has 0 saturated carbocycles. The molecule has 1 aromatic heterocycles. The summed E-state index contributed by atoms with van der Waals surface area (Å²) in [5.41, 5.74) is 0.961. The summed E-state index contributed by atoms with van der Waals surface area (Å²) in [5.74, 6) is 0.497. The molecule has 33 heavy (non-hydrogen) atoms. The molecule has 1 unspecified atom stereocenters. The van der Waals surface area contributed by atoms with Crippen molar-refractivity contribution >= 4 is 22.6 Å². The standard InChI is InChI=1S/C24H36FN5O2S/c1-19-6-3-4-13-29(19)14-5-12-26-23(31)11-15-30(16-17-32-2)24-27-22(28-33-24)18-20-7-9-21(25)10-8-20/h7-10,19H,3-6,11-18H2,1-2H3,(H,26,31). The minimum absolute atomic E-state index is 0.0557. The first-order chi connectivity index (χ1) is 16.0. The number of amides is 1. The lowest BCUT2D eigenvalue weighted by atomic mass is 10.0. The molecule has 7 nitrogen and oxygen atoms in total. The van der Waals surface area contributed by atoms with Crippen molar-refractivity contribution in [2.45, 2.75) is 51.5 Å². The Balaban J connectivity index is 1.43. The molecule has 3 rings (SSSR count). The van der Waals surface area contributed by atoms with E-state index in [1.54, 1.807) is 19.2 Å². The van der Waals surface area contributed by atoms with Crippen LogP contribution in [0.15, 0.2) is 24.3 Å². The molecule has 0 aliphatic carbocycles. The van der Waals surface area contributed by atoms with Gasteiger partial charge in [-0.2, -0.15) is 4.37 Å². The van der Waals surface area contributed by atoms with E-state index in [-0.39, 0.29) is 11.7 Å². The van der Waals surface area contributed by atoms with Crippen molar-refractivity contribution in [3.05, 3.63) is 41.5 Å². The monoisotopic (exact) mass is 477 g/mol. The van der Waals surface area contributed by atoms with Gasteiger partial charge in [-0.25, -0.2) is 9.37 Å². The molecule has 0 spiro atoms. The highest BCUT2D eigenvalue weighted by atomic mass is 32.1. The first-order valence-corrected chi connectivity index (χ1v) is 12.6. The summed E-state index contributed by atoms with van der Waals surface area (Å²) >= 11 is 1.32. The van der Waals surface area contributed by atoms with Gasteiger partial charge in [-0.15, -0.1) is 0 Å². The zero-order valence-electron chi connectivity index (χ0n) is 19.8. The van der Waals surface area contributed by atoms with Crippen molar-refractivity contribution in [1.82, 2.24) is 19.6 Å². The normalized spacial score (nSPS) is 16.6. The summed E-state index contributed by atoms with van der Waals surface area (Å²) in [7, 11) is 1.66. The first-order valence-electron chi connectivity index (χ1n) is 11.9. The van der Waals surface area contributed by atoms with Crippen LogP contribution in [0.5, 0.6) is 0 Å². The van der Waals surface area contributed by atoms with Crippen molar-refractivity contribution in [1.29, 1.82) is 0 Å². The van der Waals surface area contributed by atoms with E-state index in [0.717, 1.165) is 23.7 Å². The number of rotatable bonds is 13. The number of carbonyl (C=O) groups excluding carboxylic acids is 1. The number of methoxy groups -OCH3 is 1. The Hall–Kier alpha value is -2.10. The molecule has 1 aliphatic heterocycles. The number of carbonyl (C=O) groups is 1. The molecule has 0 bridgehead atoms. The van der Waals surface area contributed by atoms with Crippen molar-refractivity contribution in [2.75, 3.05) is 51.3 Å². The molecule has 2 aromatic rings. The average Bonchev–Trinajstić information content (AvgIpc) is 3.27. The van der Waals surface area contributed by atoms with Crippen LogP contribution in [0.1, 0.15) is 50.4 Å². The molecule has 2 heterocycles. The highest BCUT2D eigenvalue weighted by molar-refractivity contribution is 7.09. The van der Waals surface area contributed by atoms with Crippen molar-refractivity contribution in [2.24, 2.45) is 0 Å². The molecule has 9 heteroatoms. The van der Waals surface area contributed by atoms with E-state index in [1.165, 1.54) is 49.5 Å². The minimum atomic E-state index is -0.254. The Kier molecular flexibility index (Phi) is 10.5. The topological polar surface area (TPSA) is 70.6 Å². The largest absolute Gasteiger partial charge is 0.383 e. The van der Waals surface area contributed by atoms with Crippen LogP contribution in [-0.4, -0.2) is 72.6 Å². The van der Waals surface area contributed by atoms with Crippen LogP contribution >= 0.6 is 11.5 Å². The van der Waals surface area contributed by atoms with Gasteiger partial charge in [-0.3, -0.25) is 4.79 Å². The summed E-state index contributed by atoms with van der Waals surface area (Å²) < 4.78 is 22.8. The first kappa shape index (κ1) is 25.5. The highest BCUT2D eigenvalue weighted by Crippen LogP contribution is 2.20. The maximum absolute atomic E-state index is 13.1. The van der Waals surface area contributed by atoms with E-state index in [1.807, 2.05) is 4.90 Å². The number of hydrogen-bond donors (Lipinski definition) is 1. The van der Waals surface area contributed by atoms with Gasteiger partial charge in [0, 0.05) is 63.7 Å². The Morgan fingerprint density at radius 3 is 2.88 bits per heavy atom. The molecule has 182 valence electrons. The van der Waals surface area contributed by atoms with Gasteiger partial charge in [-0.1, -0.05) is 18.6 Å². The molecule has 1 aromatic carbocycles. The second-order valence-corrected chi connectivity index (χ2v) is 9.34. The maximum atomic E-state index is 13.1. The number of benzene rings is 1. The van der Waals surface area contributed by atoms with Crippen molar-refractivity contribution in [3.8, 4) is 0 Å². The third-order valence-corrected chi connectivity index (χ3v) is 6.88. The van der Waals surface area contributed by atoms with E-state index < -0.39 is 0 Å². The van der Waals surface area contributed by atoms with Gasteiger partial charge < -0.3 is 19.9 Å². The summed E-state index contributed by atoms with van der Waals surface area (Å²) in [6, 6.07) is 7.03. The molecule has 0 radical (unpaired) electrons. The molecule has 1 aliphatic rings. The van der Waals surface area contributed by atoms with Gasteiger partial charge in [0.25, 0.3) is 0 Å². The lowest BCUT2D eigenvalue weighted by molar-refractivity contribution is -0.120. The van der Waals surface area contributed by atoms with Crippen LogP contribution in [0.4, 0.5) is 9.52 Å². The van der Waals surface area contributed by atoms with Gasteiger partial charge in [0.05, 0.1) is 6.61 Å². The Morgan fingerprint density at radius 2 is 2.12 bits per heavy atom. The van der Waals surface area contributed by atoms with Gasteiger partial charge in [-0.05, 0) is 50.4 Å². The van der Waals surface area contributed by atoms with Gasteiger partial charge in [0.1, 0.15) is 11.6 Å². The molecule has 1 N–H and O–H groups in total. The van der Waals surface area contributed by atoms with Crippen LogP contribution in [0.25, 0.3) is 0 Å². The highest BCUT2D eigenvalue weighted by Gasteiger charge is 2.18.